The van der Waals surface area contributed by atoms with Gasteiger partial charge in [0.05, 0.1) is 0 Å². The van der Waals surface area contributed by atoms with Crippen molar-refractivity contribution in [2.75, 3.05) is 6.26 Å². The third-order valence-corrected chi connectivity index (χ3v) is 6.43. The lowest BCUT2D eigenvalue weighted by atomic mass is 10.0. The molecule has 1 atom stereocenters. The highest BCUT2D eigenvalue weighted by atomic mass is 32.2. The number of rotatable bonds is 5. The van der Waals surface area contributed by atoms with Gasteiger partial charge in [-0.25, -0.2) is 22.0 Å². The molecule has 3 aromatic carbocycles. The number of benzene rings is 3. The fourth-order valence-electron chi connectivity index (χ4n) is 3.87. The molecule has 6 nitrogen and oxygen atoms in total. The monoisotopic (exact) mass is 444 g/mol. The van der Waals surface area contributed by atoms with E-state index in [1.54, 1.807) is 24.3 Å². The van der Waals surface area contributed by atoms with Crippen molar-refractivity contribution in [2.24, 2.45) is 5.73 Å². The van der Waals surface area contributed by atoms with Gasteiger partial charge >= 0.3 is 5.97 Å². The van der Waals surface area contributed by atoms with Crippen LogP contribution < -0.4 is 5.73 Å². The number of nitrogens with zero attached hydrogens (tertiary/aromatic N) is 1. The Hall–Kier alpha value is -3.30. The van der Waals surface area contributed by atoms with E-state index in [1.165, 1.54) is 22.8 Å². The molecule has 0 aliphatic carbocycles. The normalized spacial score (nSPS) is 13.0. The lowest BCUT2D eigenvalue weighted by Crippen LogP contribution is -2.23. The fourth-order valence-corrected chi connectivity index (χ4v) is 4.53. The molecule has 0 amide bonds. The van der Waals surface area contributed by atoms with E-state index in [9.17, 15) is 27.1 Å². The molecule has 0 radical (unpaired) electrons. The zero-order valence-electron chi connectivity index (χ0n) is 16.3. The van der Waals surface area contributed by atoms with Gasteiger partial charge in [-0.05, 0) is 46.7 Å². The molecule has 0 aliphatic heterocycles. The Balaban J connectivity index is 2.05. The molecule has 4 rings (SSSR count). The largest absolute Gasteiger partial charge is 0.477 e. The molecule has 1 unspecified atom stereocenters. The smallest absolute Gasteiger partial charge is 0.352 e. The molecule has 0 spiro atoms. The van der Waals surface area contributed by atoms with Gasteiger partial charge in [-0.3, -0.25) is 0 Å². The summed E-state index contributed by atoms with van der Waals surface area (Å²) in [5, 5.41) is 9.72. The van der Waals surface area contributed by atoms with Crippen molar-refractivity contribution in [3.8, 4) is 0 Å². The highest BCUT2D eigenvalue weighted by Gasteiger charge is 2.31. The zero-order chi connectivity index (χ0) is 22.5. The van der Waals surface area contributed by atoms with Crippen molar-refractivity contribution in [1.29, 1.82) is 0 Å². The van der Waals surface area contributed by atoms with Crippen molar-refractivity contribution in [3.63, 3.8) is 0 Å². The Kier molecular flexibility index (Phi) is 5.03. The van der Waals surface area contributed by atoms with Crippen LogP contribution in [-0.4, -0.2) is 30.3 Å². The van der Waals surface area contributed by atoms with E-state index in [-0.39, 0.29) is 23.2 Å². The van der Waals surface area contributed by atoms with Crippen LogP contribution in [0.15, 0.2) is 54.6 Å². The Morgan fingerprint density at radius 1 is 1.06 bits per heavy atom. The van der Waals surface area contributed by atoms with Crippen molar-refractivity contribution >= 4 is 37.5 Å². The zero-order valence-corrected chi connectivity index (χ0v) is 17.2. The first-order chi connectivity index (χ1) is 14.6. The molecule has 1 aromatic heterocycles. The second kappa shape index (κ2) is 7.44. The Morgan fingerprint density at radius 3 is 2.35 bits per heavy atom. The van der Waals surface area contributed by atoms with Crippen molar-refractivity contribution in [1.82, 2.24) is 4.57 Å². The lowest BCUT2D eigenvalue weighted by molar-refractivity contribution is 0.0685. The highest BCUT2D eigenvalue weighted by molar-refractivity contribution is 7.90. The Bertz CT molecular complexity index is 1460. The van der Waals surface area contributed by atoms with Crippen LogP contribution in [0.4, 0.5) is 8.78 Å². The fraction of sp³-hybridized carbons (Fsp3) is 0.136. The molecular formula is C22H18F2N2O4S. The van der Waals surface area contributed by atoms with Crippen molar-refractivity contribution in [3.05, 3.63) is 83.1 Å². The maximum atomic E-state index is 14.0. The average molecular weight is 444 g/mol. The van der Waals surface area contributed by atoms with E-state index in [2.05, 4.69) is 0 Å². The van der Waals surface area contributed by atoms with Crippen molar-refractivity contribution in [2.45, 2.75) is 11.9 Å². The molecular weight excluding hydrogens is 426 g/mol. The predicted molar refractivity (Wildman–Crippen MR) is 114 cm³/mol. The maximum absolute atomic E-state index is 14.0. The molecule has 4 aromatic rings. The van der Waals surface area contributed by atoms with Gasteiger partial charge in [-0.2, -0.15) is 0 Å². The highest BCUT2D eigenvalue weighted by Crippen LogP contribution is 2.34. The predicted octanol–water partition coefficient (Wildman–Crippen LogP) is 3.82. The van der Waals surface area contributed by atoms with Crippen LogP contribution in [0.25, 0.3) is 21.7 Å². The van der Waals surface area contributed by atoms with E-state index in [1.807, 2.05) is 0 Å². The molecule has 0 saturated carbocycles. The first-order valence-electron chi connectivity index (χ1n) is 9.24. The van der Waals surface area contributed by atoms with E-state index >= 15 is 0 Å². The molecule has 9 heteroatoms. The summed E-state index contributed by atoms with van der Waals surface area (Å²) in [6.07, 6.45) is 0.888. The molecule has 0 fully saturated rings. The maximum Gasteiger partial charge on any atom is 0.352 e. The third kappa shape index (κ3) is 3.66. The van der Waals surface area contributed by atoms with Crippen LogP contribution in [0.1, 0.15) is 27.0 Å². The molecule has 160 valence electrons. The number of aromatic carboxylic acids is 1. The average Bonchev–Trinajstić information content (AvgIpc) is 3.00. The summed E-state index contributed by atoms with van der Waals surface area (Å²) in [5.74, 6) is -2.51. The minimum absolute atomic E-state index is 0.0129. The van der Waals surface area contributed by atoms with E-state index < -0.39 is 32.8 Å². The van der Waals surface area contributed by atoms with Gasteiger partial charge in [-0.15, -0.1) is 0 Å². The van der Waals surface area contributed by atoms with Gasteiger partial charge in [0.15, 0.2) is 9.84 Å². The third-order valence-electron chi connectivity index (χ3n) is 5.28. The standard InChI is InChI=1S/C22H18F2N2O4S/c1-31(29,30)21(25)19-17-10-15(24)7-8-18(17)26(20(19)22(27)28)11-13-4-2-3-12-5-6-14(23)9-16(12)13/h2-10,21H,11,25H2,1H3,(H,27,28). The summed E-state index contributed by atoms with van der Waals surface area (Å²) in [6, 6.07) is 13.2. The van der Waals surface area contributed by atoms with Gasteiger partial charge < -0.3 is 15.4 Å². The number of hydrogen-bond acceptors (Lipinski definition) is 4. The number of carboxylic acids is 1. The van der Waals surface area contributed by atoms with E-state index in [4.69, 9.17) is 5.73 Å². The number of aromatic nitrogens is 1. The minimum atomic E-state index is -3.89. The van der Waals surface area contributed by atoms with Gasteiger partial charge in [-0.1, -0.05) is 24.3 Å². The molecule has 1 heterocycles. The first-order valence-corrected chi connectivity index (χ1v) is 11.2. The van der Waals surface area contributed by atoms with Gasteiger partial charge in [0.2, 0.25) is 0 Å². The summed E-state index contributed by atoms with van der Waals surface area (Å²) in [7, 11) is -3.89. The SMILES string of the molecule is CS(=O)(=O)C(N)c1c(C(=O)O)n(Cc2cccc3ccc(F)cc23)c2ccc(F)cc12. The molecule has 0 bridgehead atoms. The minimum Gasteiger partial charge on any atom is -0.477 e. The van der Waals surface area contributed by atoms with Crippen molar-refractivity contribution < 1.29 is 27.1 Å². The topological polar surface area (TPSA) is 102 Å². The second-order valence-electron chi connectivity index (χ2n) is 7.35. The van der Waals surface area contributed by atoms with E-state index in [0.717, 1.165) is 23.8 Å². The summed E-state index contributed by atoms with van der Waals surface area (Å²) in [4.78, 5) is 12.2. The van der Waals surface area contributed by atoms with E-state index in [0.29, 0.717) is 16.5 Å². The molecule has 0 saturated heterocycles. The number of hydrogen-bond donors (Lipinski definition) is 2. The number of sulfone groups is 1. The second-order valence-corrected chi connectivity index (χ2v) is 9.51. The number of fused-ring (bicyclic) bond motifs is 2. The number of nitrogens with two attached hydrogens (primary N) is 1. The van der Waals surface area contributed by atoms with Crippen LogP contribution in [0.5, 0.6) is 0 Å². The van der Waals surface area contributed by atoms with Gasteiger partial charge in [0, 0.05) is 29.3 Å². The molecule has 31 heavy (non-hydrogen) atoms. The summed E-state index contributed by atoms with van der Waals surface area (Å²) < 4.78 is 53.6. The summed E-state index contributed by atoms with van der Waals surface area (Å²) in [6.45, 7) is -0.0129. The number of carboxylic acid groups (broad SMARTS) is 1. The summed E-state index contributed by atoms with van der Waals surface area (Å²) in [5.41, 5.74) is 6.29. The molecule has 3 N–H and O–H groups in total. The van der Waals surface area contributed by atoms with Crippen LogP contribution in [0, 0.1) is 11.6 Å². The summed E-state index contributed by atoms with van der Waals surface area (Å²) >= 11 is 0. The van der Waals surface area contributed by atoms with Crippen LogP contribution in [-0.2, 0) is 16.4 Å². The number of carbonyl (C=O) groups is 1. The first kappa shape index (κ1) is 21.0. The molecule has 0 aliphatic rings. The van der Waals surface area contributed by atoms with Gasteiger partial charge in [0.1, 0.15) is 22.7 Å². The Labute approximate surface area is 176 Å². The van der Waals surface area contributed by atoms with Crippen LogP contribution in [0.3, 0.4) is 0 Å². The van der Waals surface area contributed by atoms with Crippen LogP contribution in [0.2, 0.25) is 0 Å². The lowest BCUT2D eigenvalue weighted by Gasteiger charge is -2.13. The van der Waals surface area contributed by atoms with Crippen LogP contribution >= 0.6 is 0 Å². The Morgan fingerprint density at radius 2 is 1.71 bits per heavy atom. The van der Waals surface area contributed by atoms with Gasteiger partial charge in [0.25, 0.3) is 0 Å². The quantitative estimate of drug-likeness (QED) is 0.487. The number of halogens is 2.